The third kappa shape index (κ3) is 6.95. The first kappa shape index (κ1) is 32.3. The number of benzene rings is 1. The molecule has 1 aliphatic heterocycles. The van der Waals surface area contributed by atoms with Crippen LogP contribution in [0.1, 0.15) is 104 Å². The molecule has 0 aromatic heterocycles. The van der Waals surface area contributed by atoms with Crippen LogP contribution in [0.25, 0.3) is 0 Å². The zero-order valence-electron chi connectivity index (χ0n) is 25.8. The third-order valence-corrected chi connectivity index (χ3v) is 11.6. The molecular formula is C32H48N2O7S. The Morgan fingerprint density at radius 1 is 1.05 bits per heavy atom. The summed E-state index contributed by atoms with van der Waals surface area (Å²) in [5.74, 6) is -0.388. The first-order chi connectivity index (χ1) is 19.7. The van der Waals surface area contributed by atoms with Crippen LogP contribution in [0.2, 0.25) is 0 Å². The zero-order valence-corrected chi connectivity index (χ0v) is 26.6. The van der Waals surface area contributed by atoms with Crippen LogP contribution >= 0.6 is 0 Å². The van der Waals surface area contributed by atoms with Gasteiger partial charge in [-0.05, 0) is 69.8 Å². The largest absolute Gasteiger partial charge is 0.460 e. The molecule has 0 unspecified atom stereocenters. The van der Waals surface area contributed by atoms with Crippen LogP contribution in [0.4, 0.5) is 4.79 Å². The Morgan fingerprint density at radius 3 is 2.38 bits per heavy atom. The second kappa shape index (κ2) is 12.5. The number of carbonyl (C=O) groups is 3. The van der Waals surface area contributed by atoms with Gasteiger partial charge in [0, 0.05) is 11.8 Å². The lowest BCUT2D eigenvalue weighted by atomic mass is 9.69. The Bertz CT molecular complexity index is 1240. The number of rotatable bonds is 12. The zero-order chi connectivity index (χ0) is 30.8. The molecule has 234 valence electrons. The van der Waals surface area contributed by atoms with Crippen LogP contribution in [0.5, 0.6) is 0 Å². The Labute approximate surface area is 251 Å². The summed E-state index contributed by atoms with van der Waals surface area (Å²) >= 11 is 0. The van der Waals surface area contributed by atoms with Crippen molar-refractivity contribution in [1.29, 1.82) is 0 Å². The van der Waals surface area contributed by atoms with E-state index < -0.39 is 39.1 Å². The van der Waals surface area contributed by atoms with Gasteiger partial charge in [0.15, 0.2) is 0 Å². The van der Waals surface area contributed by atoms with Crippen molar-refractivity contribution < 1.29 is 32.3 Å². The molecule has 4 rings (SSSR count). The Balaban J connectivity index is 1.37. The maximum Gasteiger partial charge on any atom is 0.408 e. The highest BCUT2D eigenvalue weighted by Crippen LogP contribution is 2.70. The molecule has 1 saturated heterocycles. The number of esters is 1. The summed E-state index contributed by atoms with van der Waals surface area (Å²) in [6.07, 6.45) is 6.22. The SMILES string of the molecule is CC(C)(C)OC(=O)CCCCCCC[C@H](NC(=O)OCc1ccccc1)C(=O)N1[C@@H]2C[C@H]3CC[C@]2(CS1(=O)=O)C3(C)C. The molecular weight excluding hydrogens is 556 g/mol. The molecule has 1 N–H and O–H groups in total. The lowest BCUT2D eigenvalue weighted by Crippen LogP contribution is -2.53. The predicted octanol–water partition coefficient (Wildman–Crippen LogP) is 5.72. The highest BCUT2D eigenvalue weighted by atomic mass is 32.2. The van der Waals surface area contributed by atoms with Crippen LogP contribution < -0.4 is 5.32 Å². The van der Waals surface area contributed by atoms with Crippen LogP contribution in [-0.2, 0) is 35.7 Å². The van der Waals surface area contributed by atoms with Crippen LogP contribution in [-0.4, -0.2) is 54.1 Å². The molecule has 2 amide bonds. The summed E-state index contributed by atoms with van der Waals surface area (Å²) in [5, 5.41) is 2.70. The molecule has 3 fully saturated rings. The normalized spacial score (nSPS) is 26.0. The van der Waals surface area contributed by atoms with Crippen LogP contribution in [0.15, 0.2) is 30.3 Å². The number of alkyl carbamates (subject to hydrolysis) is 1. The van der Waals surface area contributed by atoms with E-state index in [2.05, 4.69) is 19.2 Å². The standard InChI is InChI=1S/C32H48N2O7S/c1-30(2,3)41-27(35)17-13-8-6-7-12-16-25(33-29(37)40-21-23-14-10-9-11-15-23)28(36)34-26-20-24-18-19-32(26,31(24,4)5)22-42(34,38)39/h9-11,14-15,24-26H,6-8,12-13,16-22H2,1-5H3,(H,33,37)/t24-,25+,26-,32-/m1/s1. The minimum absolute atomic E-state index is 0.0112. The molecule has 1 heterocycles. The lowest BCUT2D eigenvalue weighted by Gasteiger charge is -2.37. The monoisotopic (exact) mass is 604 g/mol. The van der Waals surface area contributed by atoms with Crippen LogP contribution in [0, 0.1) is 16.7 Å². The van der Waals surface area contributed by atoms with E-state index in [1.54, 1.807) is 0 Å². The maximum absolute atomic E-state index is 14.0. The van der Waals surface area contributed by atoms with Crippen molar-refractivity contribution in [3.05, 3.63) is 35.9 Å². The lowest BCUT2D eigenvalue weighted by molar-refractivity contribution is -0.155. The number of hydrogen-bond donors (Lipinski definition) is 1. The molecule has 2 bridgehead atoms. The number of nitrogens with one attached hydrogen (secondary N) is 1. The summed E-state index contributed by atoms with van der Waals surface area (Å²) in [5.41, 5.74) is -0.269. The van der Waals surface area contributed by atoms with E-state index in [-0.39, 0.29) is 29.8 Å². The third-order valence-electron chi connectivity index (χ3n) is 9.73. The highest BCUT2D eigenvalue weighted by Gasteiger charge is 2.72. The van der Waals surface area contributed by atoms with Gasteiger partial charge < -0.3 is 14.8 Å². The summed E-state index contributed by atoms with van der Waals surface area (Å²) in [6.45, 7) is 9.88. The first-order valence-corrected chi connectivity index (χ1v) is 17.0. The Hall–Kier alpha value is -2.62. The number of fused-ring (bicyclic) bond motifs is 1. The number of nitrogens with zero attached hydrogens (tertiary/aromatic N) is 1. The van der Waals surface area contributed by atoms with Gasteiger partial charge in [0.25, 0.3) is 5.91 Å². The van der Waals surface area contributed by atoms with Gasteiger partial charge >= 0.3 is 12.1 Å². The second-order valence-corrected chi connectivity index (χ2v) is 15.8. The second-order valence-electron chi connectivity index (χ2n) is 13.9. The number of amides is 2. The summed E-state index contributed by atoms with van der Waals surface area (Å²) < 4.78 is 38.9. The molecule has 42 heavy (non-hydrogen) atoms. The van der Waals surface area contributed by atoms with Gasteiger partial charge in [-0.2, -0.15) is 0 Å². The van der Waals surface area contributed by atoms with E-state index in [9.17, 15) is 22.8 Å². The predicted molar refractivity (Wildman–Crippen MR) is 160 cm³/mol. The van der Waals surface area contributed by atoms with Gasteiger partial charge in [0.1, 0.15) is 18.2 Å². The van der Waals surface area contributed by atoms with Crippen molar-refractivity contribution in [3.63, 3.8) is 0 Å². The molecule has 2 aliphatic carbocycles. The fourth-order valence-corrected chi connectivity index (χ4v) is 10.0. The number of ether oxygens (including phenoxy) is 2. The fourth-order valence-electron chi connectivity index (χ4n) is 7.44. The molecule has 0 radical (unpaired) electrons. The summed E-state index contributed by atoms with van der Waals surface area (Å²) in [7, 11) is -3.81. The van der Waals surface area contributed by atoms with E-state index in [4.69, 9.17) is 9.47 Å². The van der Waals surface area contributed by atoms with Crippen molar-refractivity contribution in [1.82, 2.24) is 9.62 Å². The molecule has 1 aromatic carbocycles. The topological polar surface area (TPSA) is 119 Å². The molecule has 2 saturated carbocycles. The smallest absolute Gasteiger partial charge is 0.408 e. The van der Waals surface area contributed by atoms with Crippen molar-refractivity contribution >= 4 is 28.0 Å². The van der Waals surface area contributed by atoms with Gasteiger partial charge in [-0.25, -0.2) is 17.5 Å². The Morgan fingerprint density at radius 2 is 1.71 bits per heavy atom. The molecule has 9 nitrogen and oxygen atoms in total. The molecule has 1 aromatic rings. The van der Waals surface area contributed by atoms with E-state index >= 15 is 0 Å². The summed E-state index contributed by atoms with van der Waals surface area (Å²) in [4.78, 5) is 38.7. The van der Waals surface area contributed by atoms with Crippen molar-refractivity contribution in [2.24, 2.45) is 16.7 Å². The number of unbranched alkanes of at least 4 members (excludes halogenated alkanes) is 4. The van der Waals surface area contributed by atoms with E-state index in [0.717, 1.165) is 42.0 Å². The summed E-state index contributed by atoms with van der Waals surface area (Å²) in [6, 6.07) is 7.89. The van der Waals surface area contributed by atoms with Gasteiger partial charge in [0.2, 0.25) is 10.0 Å². The van der Waals surface area contributed by atoms with Crippen molar-refractivity contribution in [3.8, 4) is 0 Å². The fraction of sp³-hybridized carbons (Fsp3) is 0.719. The number of sulfonamides is 1. The highest BCUT2D eigenvalue weighted by molar-refractivity contribution is 7.90. The number of hydrogen-bond acceptors (Lipinski definition) is 7. The molecule has 3 aliphatic rings. The van der Waals surface area contributed by atoms with Gasteiger partial charge in [0.05, 0.1) is 11.8 Å². The van der Waals surface area contributed by atoms with Crippen LogP contribution in [0.3, 0.4) is 0 Å². The Kier molecular flexibility index (Phi) is 9.65. The average molecular weight is 605 g/mol. The van der Waals surface area contributed by atoms with Gasteiger partial charge in [-0.15, -0.1) is 0 Å². The van der Waals surface area contributed by atoms with Gasteiger partial charge in [-0.1, -0.05) is 69.9 Å². The number of carbonyl (C=O) groups excluding carboxylic acids is 3. The van der Waals surface area contributed by atoms with Crippen molar-refractivity contribution in [2.75, 3.05) is 5.75 Å². The minimum Gasteiger partial charge on any atom is -0.460 e. The maximum atomic E-state index is 14.0. The van der Waals surface area contributed by atoms with Gasteiger partial charge in [-0.3, -0.25) is 9.59 Å². The quantitative estimate of drug-likeness (QED) is 0.239. The molecule has 4 atom stereocenters. The van der Waals surface area contributed by atoms with E-state index in [1.807, 2.05) is 51.1 Å². The van der Waals surface area contributed by atoms with E-state index in [1.165, 1.54) is 0 Å². The molecule has 10 heteroatoms. The molecule has 1 spiro atoms. The average Bonchev–Trinajstić information content (AvgIpc) is 3.38. The first-order valence-electron chi connectivity index (χ1n) is 15.4. The van der Waals surface area contributed by atoms with E-state index in [0.29, 0.717) is 38.0 Å². The van der Waals surface area contributed by atoms with Crippen molar-refractivity contribution in [2.45, 2.75) is 123 Å². The minimum atomic E-state index is -3.81.